The van der Waals surface area contributed by atoms with Crippen molar-refractivity contribution >= 4 is 42.1 Å². The van der Waals surface area contributed by atoms with Gasteiger partial charge in [0.05, 0.1) is 16.6 Å². The highest BCUT2D eigenvalue weighted by Gasteiger charge is 2.48. The molecule has 2 saturated carbocycles. The summed E-state index contributed by atoms with van der Waals surface area (Å²) in [7, 11) is 0. The predicted octanol–water partition coefficient (Wildman–Crippen LogP) is 3.99. The van der Waals surface area contributed by atoms with E-state index in [1.807, 2.05) is 18.2 Å². The minimum absolute atomic E-state index is 0. The molecular formula is C20H27Cl2N3OS. The standard InChI is InChI=1S/C20H25N3OS.2ClH/c1-12-19(13-5-3-2-4-6-13)23-16(25-12)9-10-22-20(24)17-14-7-8-15(11-14)18(17)21;;/h2-6,14-15,17-18H,7-11,21H2,1H3,(H,22,24);2*1H. The number of carbonyl (C=O) groups is 1. The Kier molecular flexibility index (Phi) is 7.69. The Labute approximate surface area is 177 Å². The summed E-state index contributed by atoms with van der Waals surface area (Å²) in [5.74, 6) is 1.25. The quantitative estimate of drug-likeness (QED) is 0.757. The van der Waals surface area contributed by atoms with Crippen LogP contribution in [0, 0.1) is 24.7 Å². The lowest BCUT2D eigenvalue weighted by Gasteiger charge is -2.26. The molecule has 27 heavy (non-hydrogen) atoms. The summed E-state index contributed by atoms with van der Waals surface area (Å²) in [5.41, 5.74) is 8.47. The van der Waals surface area contributed by atoms with Crippen LogP contribution in [0.3, 0.4) is 0 Å². The van der Waals surface area contributed by atoms with E-state index < -0.39 is 0 Å². The first-order valence-corrected chi connectivity index (χ1v) is 10.00. The van der Waals surface area contributed by atoms with Gasteiger partial charge in [0, 0.05) is 29.4 Å². The predicted molar refractivity (Wildman–Crippen MR) is 116 cm³/mol. The first-order chi connectivity index (χ1) is 12.1. The Morgan fingerprint density at radius 1 is 1.22 bits per heavy atom. The minimum Gasteiger partial charge on any atom is -0.355 e. The third-order valence-corrected chi connectivity index (χ3v) is 6.84. The molecule has 4 unspecified atom stereocenters. The van der Waals surface area contributed by atoms with Crippen LogP contribution in [0.2, 0.25) is 0 Å². The molecule has 4 rings (SSSR count). The Balaban J connectivity index is 0.00000131. The molecule has 2 aliphatic carbocycles. The number of rotatable bonds is 5. The van der Waals surface area contributed by atoms with E-state index in [1.165, 1.54) is 17.7 Å². The molecule has 1 aromatic carbocycles. The van der Waals surface area contributed by atoms with E-state index in [4.69, 9.17) is 10.7 Å². The molecule has 1 aromatic heterocycles. The van der Waals surface area contributed by atoms with Crippen LogP contribution in [0.4, 0.5) is 0 Å². The number of nitrogens with one attached hydrogen (secondary N) is 1. The molecule has 4 nitrogen and oxygen atoms in total. The van der Waals surface area contributed by atoms with Gasteiger partial charge in [-0.1, -0.05) is 30.3 Å². The summed E-state index contributed by atoms with van der Waals surface area (Å²) < 4.78 is 0. The van der Waals surface area contributed by atoms with Crippen LogP contribution in [-0.2, 0) is 11.2 Å². The van der Waals surface area contributed by atoms with Gasteiger partial charge in [-0.05, 0) is 38.0 Å². The molecule has 1 heterocycles. The van der Waals surface area contributed by atoms with Crippen LogP contribution in [0.25, 0.3) is 11.3 Å². The van der Waals surface area contributed by atoms with Gasteiger partial charge in [-0.15, -0.1) is 36.2 Å². The van der Waals surface area contributed by atoms with Crippen LogP contribution in [0.5, 0.6) is 0 Å². The van der Waals surface area contributed by atoms with E-state index in [1.54, 1.807) is 11.3 Å². The zero-order valence-corrected chi connectivity index (χ0v) is 17.8. The van der Waals surface area contributed by atoms with E-state index in [0.29, 0.717) is 18.4 Å². The maximum atomic E-state index is 12.5. The summed E-state index contributed by atoms with van der Waals surface area (Å²) in [4.78, 5) is 18.5. The van der Waals surface area contributed by atoms with Crippen LogP contribution in [0.15, 0.2) is 30.3 Å². The smallest absolute Gasteiger partial charge is 0.224 e. The maximum Gasteiger partial charge on any atom is 0.224 e. The fourth-order valence-corrected chi connectivity index (χ4v) is 5.51. The van der Waals surface area contributed by atoms with Gasteiger partial charge in [-0.25, -0.2) is 4.98 Å². The van der Waals surface area contributed by atoms with Crippen molar-refractivity contribution in [3.8, 4) is 11.3 Å². The van der Waals surface area contributed by atoms with Gasteiger partial charge in [0.1, 0.15) is 0 Å². The summed E-state index contributed by atoms with van der Waals surface area (Å²) in [6, 6.07) is 10.3. The number of aromatic nitrogens is 1. The minimum atomic E-state index is 0. The largest absolute Gasteiger partial charge is 0.355 e. The van der Waals surface area contributed by atoms with Gasteiger partial charge in [0.15, 0.2) is 0 Å². The van der Waals surface area contributed by atoms with Crippen molar-refractivity contribution in [3.63, 3.8) is 0 Å². The van der Waals surface area contributed by atoms with Crippen molar-refractivity contribution < 1.29 is 4.79 Å². The van der Waals surface area contributed by atoms with Gasteiger partial charge in [-0.2, -0.15) is 0 Å². The second-order valence-corrected chi connectivity index (χ2v) is 8.64. The zero-order chi connectivity index (χ0) is 17.4. The van der Waals surface area contributed by atoms with Crippen LogP contribution in [0.1, 0.15) is 29.1 Å². The molecule has 3 N–H and O–H groups in total. The highest BCUT2D eigenvalue weighted by atomic mass is 35.5. The lowest BCUT2D eigenvalue weighted by atomic mass is 9.84. The molecule has 0 spiro atoms. The van der Waals surface area contributed by atoms with Crippen molar-refractivity contribution in [3.05, 3.63) is 40.2 Å². The molecule has 4 atom stereocenters. The van der Waals surface area contributed by atoms with Crippen LogP contribution in [-0.4, -0.2) is 23.5 Å². The second kappa shape index (κ2) is 9.37. The Bertz CT molecular complexity index is 766. The zero-order valence-electron chi connectivity index (χ0n) is 15.4. The number of hydrogen-bond acceptors (Lipinski definition) is 4. The maximum absolute atomic E-state index is 12.5. The molecule has 2 aromatic rings. The molecular weight excluding hydrogens is 401 g/mol. The number of nitrogens with two attached hydrogens (primary N) is 1. The summed E-state index contributed by atoms with van der Waals surface area (Å²) in [6.07, 6.45) is 4.30. The highest BCUT2D eigenvalue weighted by molar-refractivity contribution is 7.12. The van der Waals surface area contributed by atoms with Crippen LogP contribution < -0.4 is 11.1 Å². The Hall–Kier alpha value is -1.14. The number of amides is 1. The topological polar surface area (TPSA) is 68.0 Å². The number of fused-ring (bicyclic) bond motifs is 2. The van der Waals surface area contributed by atoms with E-state index >= 15 is 0 Å². The number of carbonyl (C=O) groups excluding carboxylic acids is 1. The summed E-state index contributed by atoms with van der Waals surface area (Å²) in [5, 5.41) is 4.18. The van der Waals surface area contributed by atoms with Gasteiger partial charge in [-0.3, -0.25) is 4.79 Å². The average molecular weight is 428 g/mol. The van der Waals surface area contributed by atoms with Crippen molar-refractivity contribution in [2.24, 2.45) is 23.5 Å². The lowest BCUT2D eigenvalue weighted by molar-refractivity contribution is -0.127. The highest BCUT2D eigenvalue weighted by Crippen LogP contribution is 2.47. The second-order valence-electron chi connectivity index (χ2n) is 7.36. The van der Waals surface area contributed by atoms with Gasteiger partial charge >= 0.3 is 0 Å². The molecule has 0 radical (unpaired) electrons. The molecule has 2 bridgehead atoms. The Morgan fingerprint density at radius 2 is 1.93 bits per heavy atom. The summed E-state index contributed by atoms with van der Waals surface area (Å²) >= 11 is 1.72. The van der Waals surface area contributed by atoms with Crippen molar-refractivity contribution in [2.45, 2.75) is 38.6 Å². The monoisotopic (exact) mass is 427 g/mol. The van der Waals surface area contributed by atoms with Crippen molar-refractivity contribution in [1.82, 2.24) is 10.3 Å². The number of aryl methyl sites for hydroxylation is 1. The van der Waals surface area contributed by atoms with Crippen LogP contribution >= 0.6 is 36.2 Å². The first kappa shape index (κ1) is 22.2. The number of benzene rings is 1. The van der Waals surface area contributed by atoms with Gasteiger partial charge < -0.3 is 11.1 Å². The number of nitrogens with zero attached hydrogens (tertiary/aromatic N) is 1. The van der Waals surface area contributed by atoms with Crippen molar-refractivity contribution in [1.29, 1.82) is 0 Å². The Morgan fingerprint density at radius 3 is 2.59 bits per heavy atom. The number of thiazole rings is 1. The van der Waals surface area contributed by atoms with E-state index in [-0.39, 0.29) is 42.7 Å². The number of hydrogen-bond donors (Lipinski definition) is 2. The lowest BCUT2D eigenvalue weighted by Crippen LogP contribution is -2.45. The molecule has 148 valence electrons. The molecule has 0 aliphatic heterocycles. The fraction of sp³-hybridized carbons (Fsp3) is 0.500. The van der Waals surface area contributed by atoms with E-state index in [0.717, 1.165) is 29.1 Å². The first-order valence-electron chi connectivity index (χ1n) is 9.18. The van der Waals surface area contributed by atoms with Crippen molar-refractivity contribution in [2.75, 3.05) is 6.54 Å². The fourth-order valence-electron chi connectivity index (χ4n) is 4.56. The van der Waals surface area contributed by atoms with Gasteiger partial charge in [0.2, 0.25) is 5.91 Å². The van der Waals surface area contributed by atoms with E-state index in [2.05, 4.69) is 24.4 Å². The third-order valence-electron chi connectivity index (χ3n) is 5.81. The molecule has 0 saturated heterocycles. The molecule has 2 aliphatic rings. The third kappa shape index (κ3) is 4.48. The summed E-state index contributed by atoms with van der Waals surface area (Å²) in [6.45, 7) is 2.75. The normalized spacial score (nSPS) is 25.6. The molecule has 1 amide bonds. The number of halogens is 2. The molecule has 7 heteroatoms. The molecule has 2 fully saturated rings. The van der Waals surface area contributed by atoms with E-state index in [9.17, 15) is 4.79 Å². The average Bonchev–Trinajstić information content (AvgIpc) is 3.30. The van der Waals surface area contributed by atoms with Gasteiger partial charge in [0.25, 0.3) is 0 Å². The SMILES string of the molecule is Cc1sc(CCNC(=O)C2C3CCC(C3)C2N)nc1-c1ccccc1.Cl.Cl.